The van der Waals surface area contributed by atoms with Crippen molar-refractivity contribution in [2.24, 2.45) is 10.9 Å². The van der Waals surface area contributed by atoms with Crippen LogP contribution in [-0.4, -0.2) is 44.5 Å². The van der Waals surface area contributed by atoms with Crippen LogP contribution in [0.1, 0.15) is 34.1 Å². The fourth-order valence-corrected chi connectivity index (χ4v) is 2.49. The standard InChI is InChI=1S/C12H25N3O2S/c1-9-8-10(9)15-11(13-5)14-6-7-18(16,17)12(2,3)4/h9-10H,6-8H2,1-5H3,(H2,13,14,15). The smallest absolute Gasteiger partial charge is 0.191 e. The first-order valence-electron chi connectivity index (χ1n) is 6.37. The quantitative estimate of drug-likeness (QED) is 0.587. The van der Waals surface area contributed by atoms with Gasteiger partial charge in [0.05, 0.1) is 10.5 Å². The second-order valence-corrected chi connectivity index (χ2v) is 8.76. The van der Waals surface area contributed by atoms with E-state index in [1.54, 1.807) is 27.8 Å². The maximum atomic E-state index is 11.9. The molecule has 1 rings (SSSR count). The zero-order chi connectivity index (χ0) is 14.0. The summed E-state index contributed by atoms with van der Waals surface area (Å²) in [6, 6.07) is 0.482. The number of hydrogen-bond acceptors (Lipinski definition) is 3. The van der Waals surface area contributed by atoms with Crippen LogP contribution in [0.25, 0.3) is 0 Å². The summed E-state index contributed by atoms with van der Waals surface area (Å²) < 4.78 is 23.1. The van der Waals surface area contributed by atoms with Crippen LogP contribution in [0.5, 0.6) is 0 Å². The van der Waals surface area contributed by atoms with Crippen LogP contribution < -0.4 is 10.6 Å². The minimum atomic E-state index is -3.07. The van der Waals surface area contributed by atoms with Gasteiger partial charge >= 0.3 is 0 Å². The van der Waals surface area contributed by atoms with E-state index in [2.05, 4.69) is 22.5 Å². The second-order valence-electron chi connectivity index (χ2n) is 5.89. The molecule has 0 aromatic carbocycles. The highest BCUT2D eigenvalue weighted by Gasteiger charge is 2.33. The lowest BCUT2D eigenvalue weighted by Gasteiger charge is -2.19. The topological polar surface area (TPSA) is 70.6 Å². The van der Waals surface area contributed by atoms with Crippen molar-refractivity contribution in [3.05, 3.63) is 0 Å². The Morgan fingerprint density at radius 1 is 1.39 bits per heavy atom. The Morgan fingerprint density at radius 2 is 1.94 bits per heavy atom. The maximum absolute atomic E-state index is 11.9. The molecule has 1 aliphatic carbocycles. The van der Waals surface area contributed by atoms with Crippen molar-refractivity contribution in [3.8, 4) is 0 Å². The molecule has 1 aliphatic rings. The molecule has 0 aromatic heterocycles. The number of guanidine groups is 1. The van der Waals surface area contributed by atoms with Gasteiger partial charge in [0.15, 0.2) is 15.8 Å². The van der Waals surface area contributed by atoms with Gasteiger partial charge in [0.1, 0.15) is 0 Å². The Hall–Kier alpha value is -0.780. The number of nitrogens with zero attached hydrogens (tertiary/aromatic N) is 1. The van der Waals surface area contributed by atoms with E-state index < -0.39 is 14.6 Å². The molecule has 6 heteroatoms. The molecule has 2 unspecified atom stereocenters. The van der Waals surface area contributed by atoms with Gasteiger partial charge in [-0.15, -0.1) is 0 Å². The van der Waals surface area contributed by atoms with Gasteiger partial charge in [0, 0.05) is 19.6 Å². The molecule has 1 saturated carbocycles. The van der Waals surface area contributed by atoms with E-state index in [1.807, 2.05) is 0 Å². The number of hydrogen-bond donors (Lipinski definition) is 2. The van der Waals surface area contributed by atoms with Crippen LogP contribution in [0.4, 0.5) is 0 Å². The largest absolute Gasteiger partial charge is 0.355 e. The van der Waals surface area contributed by atoms with E-state index in [1.165, 1.54) is 0 Å². The molecule has 0 aliphatic heterocycles. The summed E-state index contributed by atoms with van der Waals surface area (Å²) in [7, 11) is -1.38. The maximum Gasteiger partial charge on any atom is 0.191 e. The summed E-state index contributed by atoms with van der Waals surface area (Å²) in [4.78, 5) is 4.08. The summed E-state index contributed by atoms with van der Waals surface area (Å²) in [5, 5.41) is 6.31. The highest BCUT2D eigenvalue weighted by atomic mass is 32.2. The molecule has 1 fully saturated rings. The van der Waals surface area contributed by atoms with Crippen molar-refractivity contribution in [1.29, 1.82) is 0 Å². The molecular formula is C12H25N3O2S. The van der Waals surface area contributed by atoms with Gasteiger partial charge in [-0.25, -0.2) is 8.42 Å². The molecular weight excluding hydrogens is 250 g/mol. The first-order valence-corrected chi connectivity index (χ1v) is 8.02. The Morgan fingerprint density at radius 3 is 2.33 bits per heavy atom. The van der Waals surface area contributed by atoms with E-state index in [4.69, 9.17) is 0 Å². The zero-order valence-corrected chi connectivity index (χ0v) is 12.8. The molecule has 0 aromatic rings. The first-order chi connectivity index (χ1) is 8.17. The average Bonchev–Trinajstić information content (AvgIpc) is 2.91. The SMILES string of the molecule is CN=C(NCCS(=O)(=O)C(C)(C)C)NC1CC1C. The highest BCUT2D eigenvalue weighted by Crippen LogP contribution is 2.28. The molecule has 0 amide bonds. The van der Waals surface area contributed by atoms with E-state index in [0.29, 0.717) is 24.5 Å². The van der Waals surface area contributed by atoms with Crippen molar-refractivity contribution >= 4 is 15.8 Å². The molecule has 2 N–H and O–H groups in total. The predicted molar refractivity (Wildman–Crippen MR) is 75.6 cm³/mol. The summed E-state index contributed by atoms with van der Waals surface area (Å²) in [6.07, 6.45) is 1.15. The monoisotopic (exact) mass is 275 g/mol. The van der Waals surface area contributed by atoms with Crippen molar-refractivity contribution in [2.75, 3.05) is 19.3 Å². The Balaban J connectivity index is 2.36. The van der Waals surface area contributed by atoms with Crippen LogP contribution in [-0.2, 0) is 9.84 Å². The minimum Gasteiger partial charge on any atom is -0.355 e. The Kier molecular flexibility index (Phi) is 4.64. The van der Waals surface area contributed by atoms with Crippen LogP contribution >= 0.6 is 0 Å². The van der Waals surface area contributed by atoms with E-state index >= 15 is 0 Å². The third kappa shape index (κ3) is 4.15. The Bertz CT molecular complexity index is 410. The van der Waals surface area contributed by atoms with Gasteiger partial charge in [-0.05, 0) is 33.1 Å². The molecule has 0 heterocycles. The van der Waals surface area contributed by atoms with Gasteiger partial charge in [-0.1, -0.05) is 6.92 Å². The fourth-order valence-electron chi connectivity index (χ4n) is 1.50. The highest BCUT2D eigenvalue weighted by molar-refractivity contribution is 7.92. The molecule has 5 nitrogen and oxygen atoms in total. The van der Waals surface area contributed by atoms with Crippen LogP contribution in [0.2, 0.25) is 0 Å². The number of rotatable bonds is 4. The lowest BCUT2D eigenvalue weighted by molar-refractivity contribution is 0.559. The first kappa shape index (κ1) is 15.3. The summed E-state index contributed by atoms with van der Waals surface area (Å²) >= 11 is 0. The van der Waals surface area contributed by atoms with Crippen LogP contribution in [0.15, 0.2) is 4.99 Å². The van der Waals surface area contributed by atoms with Crippen molar-refractivity contribution in [2.45, 2.75) is 44.9 Å². The molecule has 0 spiro atoms. The molecule has 0 bridgehead atoms. The van der Waals surface area contributed by atoms with E-state index in [-0.39, 0.29) is 5.75 Å². The van der Waals surface area contributed by atoms with Crippen LogP contribution in [0.3, 0.4) is 0 Å². The molecule has 18 heavy (non-hydrogen) atoms. The van der Waals surface area contributed by atoms with Gasteiger partial charge in [0.2, 0.25) is 0 Å². The minimum absolute atomic E-state index is 0.122. The molecule has 0 saturated heterocycles. The van der Waals surface area contributed by atoms with Crippen molar-refractivity contribution in [1.82, 2.24) is 10.6 Å². The summed E-state index contributed by atoms with van der Waals surface area (Å²) in [6.45, 7) is 7.74. The van der Waals surface area contributed by atoms with Crippen molar-refractivity contribution < 1.29 is 8.42 Å². The average molecular weight is 275 g/mol. The van der Waals surface area contributed by atoms with Gasteiger partial charge < -0.3 is 10.6 Å². The predicted octanol–water partition coefficient (Wildman–Crippen LogP) is 0.773. The Labute approximate surface area is 110 Å². The number of aliphatic imine (C=N–C) groups is 1. The zero-order valence-electron chi connectivity index (χ0n) is 11.9. The number of sulfone groups is 1. The van der Waals surface area contributed by atoms with Gasteiger partial charge in [-0.3, -0.25) is 4.99 Å². The normalized spacial score (nSPS) is 24.8. The lowest BCUT2D eigenvalue weighted by atomic mass is 10.3. The second kappa shape index (κ2) is 5.47. The van der Waals surface area contributed by atoms with E-state index in [0.717, 1.165) is 6.42 Å². The fraction of sp³-hybridized carbons (Fsp3) is 0.917. The molecule has 2 atom stereocenters. The van der Waals surface area contributed by atoms with Crippen LogP contribution in [0, 0.1) is 5.92 Å². The van der Waals surface area contributed by atoms with Gasteiger partial charge in [0.25, 0.3) is 0 Å². The van der Waals surface area contributed by atoms with Crippen molar-refractivity contribution in [3.63, 3.8) is 0 Å². The third-order valence-corrected chi connectivity index (χ3v) is 5.86. The van der Waals surface area contributed by atoms with E-state index in [9.17, 15) is 8.42 Å². The number of nitrogens with one attached hydrogen (secondary N) is 2. The summed E-state index contributed by atoms with van der Waals surface area (Å²) in [5.41, 5.74) is 0. The molecule has 106 valence electrons. The summed E-state index contributed by atoms with van der Waals surface area (Å²) in [5.74, 6) is 1.49. The molecule has 0 radical (unpaired) electrons. The van der Waals surface area contributed by atoms with Gasteiger partial charge in [-0.2, -0.15) is 0 Å². The third-order valence-electron chi connectivity index (χ3n) is 3.25. The lowest BCUT2D eigenvalue weighted by Crippen LogP contribution is -2.42.